The molecule has 0 aliphatic carbocycles. The molecule has 1 saturated heterocycles. The minimum atomic E-state index is 0.0107. The molecule has 0 aromatic heterocycles. The van der Waals surface area contributed by atoms with Gasteiger partial charge in [0.15, 0.2) is 0 Å². The first-order valence-corrected chi connectivity index (χ1v) is 7.94. The number of rotatable bonds is 3. The third-order valence-electron chi connectivity index (χ3n) is 3.35. The first-order chi connectivity index (χ1) is 9.55. The number of benzene rings is 1. The molecular formula is C15H21NO3S. The summed E-state index contributed by atoms with van der Waals surface area (Å²) in [5.74, 6) is 0.644. The molecule has 110 valence electrons. The molecule has 2 rings (SSSR count). The highest BCUT2D eigenvalue weighted by atomic mass is 32.2. The number of hydrogen-bond donors (Lipinski definition) is 0. The van der Waals surface area contributed by atoms with Crippen LogP contribution in [0, 0.1) is 0 Å². The molecule has 1 amide bonds. The molecule has 2 atom stereocenters. The second-order valence-electron chi connectivity index (χ2n) is 5.03. The first-order valence-electron chi connectivity index (χ1n) is 6.72. The highest BCUT2D eigenvalue weighted by Gasteiger charge is 2.28. The van der Waals surface area contributed by atoms with Gasteiger partial charge in [0.25, 0.3) is 5.91 Å². The van der Waals surface area contributed by atoms with E-state index in [0.717, 1.165) is 4.90 Å². The lowest BCUT2D eigenvalue weighted by Crippen LogP contribution is -2.48. The Bertz CT molecular complexity index is 482. The SMILES string of the molecule is COc1cc(SC)ccc1C(=O)N1C[C@@H](C)O[C@H](C)C1. The Morgan fingerprint density at radius 2 is 2.00 bits per heavy atom. The van der Waals surface area contributed by atoms with Crippen molar-refractivity contribution in [3.05, 3.63) is 23.8 Å². The minimum absolute atomic E-state index is 0.0107. The second-order valence-corrected chi connectivity index (χ2v) is 5.91. The van der Waals surface area contributed by atoms with Gasteiger partial charge in [-0.15, -0.1) is 11.8 Å². The van der Waals surface area contributed by atoms with Crippen LogP contribution >= 0.6 is 11.8 Å². The van der Waals surface area contributed by atoms with Gasteiger partial charge in [-0.25, -0.2) is 0 Å². The molecule has 1 aromatic rings. The number of ether oxygens (including phenoxy) is 2. The van der Waals surface area contributed by atoms with Crippen LogP contribution in [-0.4, -0.2) is 49.5 Å². The van der Waals surface area contributed by atoms with E-state index in [-0.39, 0.29) is 18.1 Å². The molecule has 0 saturated carbocycles. The van der Waals surface area contributed by atoms with Gasteiger partial charge in [0.05, 0.1) is 24.9 Å². The highest BCUT2D eigenvalue weighted by molar-refractivity contribution is 7.98. The first kappa shape index (κ1) is 15.2. The Balaban J connectivity index is 2.24. The van der Waals surface area contributed by atoms with Crippen LogP contribution in [0.3, 0.4) is 0 Å². The standard InChI is InChI=1S/C15H21NO3S/c1-10-8-16(9-11(2)19-10)15(17)13-6-5-12(20-4)7-14(13)18-3/h5-7,10-11H,8-9H2,1-4H3/t10-,11-/m1/s1. The third-order valence-corrected chi connectivity index (χ3v) is 4.07. The van der Waals surface area contributed by atoms with Gasteiger partial charge >= 0.3 is 0 Å². The number of hydrogen-bond acceptors (Lipinski definition) is 4. The predicted molar refractivity (Wildman–Crippen MR) is 80.7 cm³/mol. The van der Waals surface area contributed by atoms with Gasteiger partial charge in [-0.1, -0.05) is 0 Å². The fourth-order valence-electron chi connectivity index (χ4n) is 2.49. The summed E-state index contributed by atoms with van der Waals surface area (Å²) in [5.41, 5.74) is 0.617. The van der Waals surface area contributed by atoms with Crippen molar-refractivity contribution in [2.75, 3.05) is 26.5 Å². The number of carbonyl (C=O) groups is 1. The summed E-state index contributed by atoms with van der Waals surface area (Å²) in [5, 5.41) is 0. The molecule has 0 N–H and O–H groups in total. The van der Waals surface area contributed by atoms with Gasteiger partial charge < -0.3 is 14.4 Å². The van der Waals surface area contributed by atoms with E-state index in [1.807, 2.05) is 43.2 Å². The van der Waals surface area contributed by atoms with E-state index in [1.54, 1.807) is 18.9 Å². The number of thioether (sulfide) groups is 1. The fraction of sp³-hybridized carbons (Fsp3) is 0.533. The normalized spacial score (nSPS) is 22.7. The maximum absolute atomic E-state index is 12.7. The van der Waals surface area contributed by atoms with Crippen LogP contribution in [0.5, 0.6) is 5.75 Å². The smallest absolute Gasteiger partial charge is 0.257 e. The van der Waals surface area contributed by atoms with Crippen molar-refractivity contribution in [1.82, 2.24) is 4.90 Å². The van der Waals surface area contributed by atoms with Crippen LogP contribution in [0.2, 0.25) is 0 Å². The molecule has 1 fully saturated rings. The van der Waals surface area contributed by atoms with Crippen molar-refractivity contribution < 1.29 is 14.3 Å². The number of carbonyl (C=O) groups excluding carboxylic acids is 1. The van der Waals surface area contributed by atoms with Crippen LogP contribution in [0.15, 0.2) is 23.1 Å². The zero-order chi connectivity index (χ0) is 14.7. The Morgan fingerprint density at radius 1 is 1.35 bits per heavy atom. The topological polar surface area (TPSA) is 38.8 Å². The lowest BCUT2D eigenvalue weighted by atomic mass is 10.1. The molecule has 1 aliphatic heterocycles. The van der Waals surface area contributed by atoms with Crippen LogP contribution in [0.25, 0.3) is 0 Å². The van der Waals surface area contributed by atoms with Gasteiger partial charge in [-0.3, -0.25) is 4.79 Å². The lowest BCUT2D eigenvalue weighted by Gasteiger charge is -2.35. The van der Waals surface area contributed by atoms with E-state index in [1.165, 1.54) is 0 Å². The van der Waals surface area contributed by atoms with E-state index < -0.39 is 0 Å². The van der Waals surface area contributed by atoms with Crippen molar-refractivity contribution in [2.45, 2.75) is 31.0 Å². The van der Waals surface area contributed by atoms with Crippen LogP contribution in [-0.2, 0) is 4.74 Å². The van der Waals surface area contributed by atoms with Crippen LogP contribution in [0.1, 0.15) is 24.2 Å². The van der Waals surface area contributed by atoms with Gasteiger partial charge in [-0.2, -0.15) is 0 Å². The number of amides is 1. The molecule has 20 heavy (non-hydrogen) atoms. The molecule has 1 aliphatic rings. The average Bonchev–Trinajstić information content (AvgIpc) is 2.44. The van der Waals surface area contributed by atoms with Crippen molar-refractivity contribution in [2.24, 2.45) is 0 Å². The van der Waals surface area contributed by atoms with Gasteiger partial charge in [0.1, 0.15) is 5.75 Å². The summed E-state index contributed by atoms with van der Waals surface area (Å²) in [6.45, 7) is 5.22. The summed E-state index contributed by atoms with van der Waals surface area (Å²) in [4.78, 5) is 15.6. The van der Waals surface area contributed by atoms with Crippen LogP contribution in [0.4, 0.5) is 0 Å². The summed E-state index contributed by atoms with van der Waals surface area (Å²) in [7, 11) is 1.60. The summed E-state index contributed by atoms with van der Waals surface area (Å²) in [6, 6.07) is 5.71. The number of morpholine rings is 1. The van der Waals surface area contributed by atoms with E-state index in [2.05, 4.69) is 0 Å². The predicted octanol–water partition coefficient (Wildman–Crippen LogP) is 2.67. The molecule has 0 unspecified atom stereocenters. The molecule has 5 heteroatoms. The van der Waals surface area contributed by atoms with Crippen molar-refractivity contribution in [1.29, 1.82) is 0 Å². The quantitative estimate of drug-likeness (QED) is 0.804. The zero-order valence-electron chi connectivity index (χ0n) is 12.4. The Labute approximate surface area is 124 Å². The Hall–Kier alpha value is -1.20. The van der Waals surface area contributed by atoms with Crippen molar-refractivity contribution in [3.63, 3.8) is 0 Å². The largest absolute Gasteiger partial charge is 0.496 e. The van der Waals surface area contributed by atoms with Crippen molar-refractivity contribution in [3.8, 4) is 5.75 Å². The Morgan fingerprint density at radius 3 is 2.55 bits per heavy atom. The van der Waals surface area contributed by atoms with Crippen molar-refractivity contribution >= 4 is 17.7 Å². The van der Waals surface area contributed by atoms with E-state index in [9.17, 15) is 4.79 Å². The van der Waals surface area contributed by atoms with Gasteiger partial charge in [0, 0.05) is 18.0 Å². The molecule has 1 aromatic carbocycles. The lowest BCUT2D eigenvalue weighted by molar-refractivity contribution is -0.0586. The summed E-state index contributed by atoms with van der Waals surface area (Å²) >= 11 is 1.63. The fourth-order valence-corrected chi connectivity index (χ4v) is 2.92. The van der Waals surface area contributed by atoms with E-state index in [4.69, 9.17) is 9.47 Å². The van der Waals surface area contributed by atoms with Gasteiger partial charge in [-0.05, 0) is 38.3 Å². The molecule has 0 bridgehead atoms. The maximum atomic E-state index is 12.7. The molecule has 0 spiro atoms. The third kappa shape index (κ3) is 3.27. The van der Waals surface area contributed by atoms with Gasteiger partial charge in [0.2, 0.25) is 0 Å². The molecular weight excluding hydrogens is 274 g/mol. The number of methoxy groups -OCH3 is 1. The highest BCUT2D eigenvalue weighted by Crippen LogP contribution is 2.27. The molecule has 0 radical (unpaired) electrons. The molecule has 4 nitrogen and oxygen atoms in total. The Kier molecular flexibility index (Phi) is 4.94. The number of nitrogens with zero attached hydrogens (tertiary/aromatic N) is 1. The zero-order valence-corrected chi connectivity index (χ0v) is 13.2. The maximum Gasteiger partial charge on any atom is 0.257 e. The summed E-state index contributed by atoms with van der Waals surface area (Å²) in [6.07, 6.45) is 2.14. The van der Waals surface area contributed by atoms with E-state index >= 15 is 0 Å². The monoisotopic (exact) mass is 295 g/mol. The van der Waals surface area contributed by atoms with Crippen LogP contribution < -0.4 is 4.74 Å². The summed E-state index contributed by atoms with van der Waals surface area (Å²) < 4.78 is 11.0. The average molecular weight is 295 g/mol. The molecule has 1 heterocycles. The second kappa shape index (κ2) is 6.50. The van der Waals surface area contributed by atoms with E-state index in [0.29, 0.717) is 24.4 Å². The minimum Gasteiger partial charge on any atom is -0.496 e.